The van der Waals surface area contributed by atoms with Gasteiger partial charge in [-0.3, -0.25) is 4.79 Å². The standard InChI is InChI=1S/C16H12BrFO2/c1-11(19)6-7-12-4-2-3-5-15(12)20-16-9-8-13(17)10-14(16)18/h2-10H,1H3/b7-6+. The van der Waals surface area contributed by atoms with Crippen LogP contribution in [0.5, 0.6) is 11.5 Å². The van der Waals surface area contributed by atoms with Crippen molar-refractivity contribution >= 4 is 27.8 Å². The maximum absolute atomic E-state index is 13.8. The van der Waals surface area contributed by atoms with Gasteiger partial charge in [-0.2, -0.15) is 0 Å². The Morgan fingerprint density at radius 1 is 1.20 bits per heavy atom. The molecule has 0 aromatic heterocycles. The lowest BCUT2D eigenvalue weighted by atomic mass is 10.1. The van der Waals surface area contributed by atoms with Gasteiger partial charge in [0.1, 0.15) is 5.75 Å². The number of ether oxygens (including phenoxy) is 1. The zero-order valence-corrected chi connectivity index (χ0v) is 12.4. The Balaban J connectivity index is 2.31. The largest absolute Gasteiger partial charge is 0.454 e. The Kier molecular flexibility index (Phi) is 4.69. The quantitative estimate of drug-likeness (QED) is 0.737. The molecule has 2 aromatic carbocycles. The smallest absolute Gasteiger partial charge is 0.166 e. The Morgan fingerprint density at radius 3 is 2.65 bits per heavy atom. The maximum atomic E-state index is 13.8. The van der Waals surface area contributed by atoms with Gasteiger partial charge in [-0.1, -0.05) is 34.1 Å². The zero-order valence-electron chi connectivity index (χ0n) is 10.8. The first-order valence-electron chi connectivity index (χ1n) is 5.97. The third-order valence-electron chi connectivity index (χ3n) is 2.53. The van der Waals surface area contributed by atoms with Crippen LogP contribution in [0.15, 0.2) is 53.0 Å². The molecule has 0 atom stereocenters. The first-order chi connectivity index (χ1) is 9.56. The molecule has 0 spiro atoms. The van der Waals surface area contributed by atoms with Crippen molar-refractivity contribution in [1.82, 2.24) is 0 Å². The molecular formula is C16H12BrFO2. The molecule has 2 rings (SSSR count). The second-order valence-electron chi connectivity index (χ2n) is 4.16. The van der Waals surface area contributed by atoms with E-state index >= 15 is 0 Å². The van der Waals surface area contributed by atoms with E-state index in [9.17, 15) is 9.18 Å². The average molecular weight is 335 g/mol. The van der Waals surface area contributed by atoms with Crippen LogP contribution in [0.3, 0.4) is 0 Å². The van der Waals surface area contributed by atoms with E-state index < -0.39 is 5.82 Å². The third kappa shape index (κ3) is 3.78. The summed E-state index contributed by atoms with van der Waals surface area (Å²) in [6.45, 7) is 1.47. The van der Waals surface area contributed by atoms with Crippen LogP contribution >= 0.6 is 15.9 Å². The van der Waals surface area contributed by atoms with Crippen LogP contribution in [0, 0.1) is 5.82 Å². The maximum Gasteiger partial charge on any atom is 0.166 e. The summed E-state index contributed by atoms with van der Waals surface area (Å²) in [7, 11) is 0. The number of hydrogen-bond acceptors (Lipinski definition) is 2. The molecule has 0 fully saturated rings. The predicted molar refractivity (Wildman–Crippen MR) is 80.3 cm³/mol. The minimum absolute atomic E-state index is 0.0605. The van der Waals surface area contributed by atoms with Crippen molar-refractivity contribution in [2.24, 2.45) is 0 Å². The fourth-order valence-electron chi connectivity index (χ4n) is 1.59. The Bertz CT molecular complexity index is 665. The number of rotatable bonds is 4. The summed E-state index contributed by atoms with van der Waals surface area (Å²) in [5.74, 6) is 0.113. The van der Waals surface area contributed by atoms with Gasteiger partial charge in [0.05, 0.1) is 0 Å². The van der Waals surface area contributed by atoms with E-state index in [1.54, 1.807) is 36.4 Å². The Labute approximate surface area is 125 Å². The number of allylic oxidation sites excluding steroid dienone is 1. The number of para-hydroxylation sites is 1. The van der Waals surface area contributed by atoms with Crippen LogP contribution in [0.2, 0.25) is 0 Å². The summed E-state index contributed by atoms with van der Waals surface area (Å²) in [6, 6.07) is 11.7. The molecule has 102 valence electrons. The van der Waals surface area contributed by atoms with Crippen molar-refractivity contribution in [3.8, 4) is 11.5 Å². The van der Waals surface area contributed by atoms with Gasteiger partial charge in [0.25, 0.3) is 0 Å². The predicted octanol–water partition coefficient (Wildman–Crippen LogP) is 4.98. The number of carbonyl (C=O) groups excluding carboxylic acids is 1. The van der Waals surface area contributed by atoms with Crippen LogP contribution in [0.1, 0.15) is 12.5 Å². The molecule has 4 heteroatoms. The van der Waals surface area contributed by atoms with Crippen LogP contribution < -0.4 is 4.74 Å². The van der Waals surface area contributed by atoms with Crippen LogP contribution in [-0.4, -0.2) is 5.78 Å². The monoisotopic (exact) mass is 334 g/mol. The fraction of sp³-hybridized carbons (Fsp3) is 0.0625. The molecule has 0 radical (unpaired) electrons. The van der Waals surface area contributed by atoms with E-state index in [-0.39, 0.29) is 11.5 Å². The van der Waals surface area contributed by atoms with E-state index in [1.165, 1.54) is 19.1 Å². The second kappa shape index (κ2) is 6.48. The zero-order chi connectivity index (χ0) is 14.5. The molecule has 0 N–H and O–H groups in total. The number of hydrogen-bond donors (Lipinski definition) is 0. The molecule has 0 saturated carbocycles. The molecule has 0 aliphatic heterocycles. The van der Waals surface area contributed by atoms with Crippen molar-refractivity contribution in [3.05, 3.63) is 64.4 Å². The molecule has 0 heterocycles. The molecule has 0 bridgehead atoms. The highest BCUT2D eigenvalue weighted by atomic mass is 79.9. The van der Waals surface area contributed by atoms with Gasteiger partial charge in [-0.25, -0.2) is 4.39 Å². The summed E-state index contributed by atoms with van der Waals surface area (Å²) in [5.41, 5.74) is 0.713. The summed E-state index contributed by atoms with van der Waals surface area (Å²) < 4.78 is 20.0. The summed E-state index contributed by atoms with van der Waals surface area (Å²) in [6.07, 6.45) is 3.09. The van der Waals surface area contributed by atoms with Gasteiger partial charge in [0.15, 0.2) is 17.3 Å². The van der Waals surface area contributed by atoms with Gasteiger partial charge in [0.2, 0.25) is 0 Å². The minimum atomic E-state index is -0.454. The Morgan fingerprint density at radius 2 is 1.95 bits per heavy atom. The molecule has 20 heavy (non-hydrogen) atoms. The highest BCUT2D eigenvalue weighted by molar-refractivity contribution is 9.10. The van der Waals surface area contributed by atoms with Gasteiger partial charge in [-0.15, -0.1) is 0 Å². The SMILES string of the molecule is CC(=O)/C=C/c1ccccc1Oc1ccc(Br)cc1F. The highest BCUT2D eigenvalue weighted by Gasteiger charge is 2.07. The first-order valence-corrected chi connectivity index (χ1v) is 6.76. The van der Waals surface area contributed by atoms with Gasteiger partial charge < -0.3 is 4.74 Å². The van der Waals surface area contributed by atoms with Crippen molar-refractivity contribution in [2.45, 2.75) is 6.92 Å². The molecule has 0 unspecified atom stereocenters. The lowest BCUT2D eigenvalue weighted by Gasteiger charge is -2.09. The lowest BCUT2D eigenvalue weighted by molar-refractivity contribution is -0.112. The molecule has 0 saturated heterocycles. The van der Waals surface area contributed by atoms with Crippen molar-refractivity contribution in [3.63, 3.8) is 0 Å². The molecule has 0 aliphatic carbocycles. The van der Waals surface area contributed by atoms with Gasteiger partial charge >= 0.3 is 0 Å². The second-order valence-corrected chi connectivity index (χ2v) is 5.07. The van der Waals surface area contributed by atoms with Crippen molar-refractivity contribution in [1.29, 1.82) is 0 Å². The van der Waals surface area contributed by atoms with Crippen LogP contribution in [-0.2, 0) is 4.79 Å². The van der Waals surface area contributed by atoms with E-state index in [0.29, 0.717) is 15.8 Å². The van der Waals surface area contributed by atoms with Crippen LogP contribution in [0.4, 0.5) is 4.39 Å². The van der Waals surface area contributed by atoms with Crippen molar-refractivity contribution in [2.75, 3.05) is 0 Å². The topological polar surface area (TPSA) is 26.3 Å². The summed E-state index contributed by atoms with van der Waals surface area (Å²) >= 11 is 3.19. The fourth-order valence-corrected chi connectivity index (χ4v) is 1.93. The van der Waals surface area contributed by atoms with Gasteiger partial charge in [-0.05, 0) is 43.3 Å². The molecule has 0 aliphatic rings. The van der Waals surface area contributed by atoms with Crippen molar-refractivity contribution < 1.29 is 13.9 Å². The van der Waals surface area contributed by atoms with Crippen LogP contribution in [0.25, 0.3) is 6.08 Å². The Hall–Kier alpha value is -1.94. The summed E-state index contributed by atoms with van der Waals surface area (Å²) in [4.78, 5) is 11.0. The summed E-state index contributed by atoms with van der Waals surface area (Å²) in [5, 5.41) is 0. The van der Waals surface area contributed by atoms with E-state index in [0.717, 1.165) is 0 Å². The average Bonchev–Trinajstić information content (AvgIpc) is 2.41. The van der Waals surface area contributed by atoms with Gasteiger partial charge in [0, 0.05) is 10.0 Å². The number of carbonyl (C=O) groups is 1. The number of ketones is 1. The van der Waals surface area contributed by atoms with E-state index in [2.05, 4.69) is 15.9 Å². The first kappa shape index (κ1) is 14.5. The van der Waals surface area contributed by atoms with E-state index in [1.807, 2.05) is 6.07 Å². The number of benzene rings is 2. The normalized spacial score (nSPS) is 10.8. The molecular weight excluding hydrogens is 323 g/mol. The third-order valence-corrected chi connectivity index (χ3v) is 3.02. The molecule has 2 nitrogen and oxygen atoms in total. The highest BCUT2D eigenvalue weighted by Crippen LogP contribution is 2.29. The minimum Gasteiger partial charge on any atom is -0.454 e. The molecule has 0 amide bonds. The molecule has 2 aromatic rings. The number of halogens is 2. The van der Waals surface area contributed by atoms with E-state index in [4.69, 9.17) is 4.74 Å². The lowest BCUT2D eigenvalue weighted by Crippen LogP contribution is -1.91.